The molecule has 0 aliphatic heterocycles. The highest BCUT2D eigenvalue weighted by Crippen LogP contribution is 2.28. The van der Waals surface area contributed by atoms with Crippen molar-refractivity contribution >= 4 is 6.08 Å². The summed E-state index contributed by atoms with van der Waals surface area (Å²) in [5.41, 5.74) is 9.33. The Morgan fingerprint density at radius 1 is 0.778 bits per heavy atom. The lowest BCUT2D eigenvalue weighted by Gasteiger charge is -2.19. The summed E-state index contributed by atoms with van der Waals surface area (Å²) in [7, 11) is 0. The highest BCUT2D eigenvalue weighted by atomic mass is 14.8. The third-order valence-corrected chi connectivity index (χ3v) is 5.76. The van der Waals surface area contributed by atoms with Gasteiger partial charge in [0.2, 0.25) is 0 Å². The largest absolute Gasteiger partial charge is 0.313 e. The first-order valence-corrected chi connectivity index (χ1v) is 13.8. The molecule has 0 amide bonds. The fourth-order valence-electron chi connectivity index (χ4n) is 3.87. The second kappa shape index (κ2) is 17.7. The van der Waals surface area contributed by atoms with Gasteiger partial charge in [0.05, 0.1) is 0 Å². The van der Waals surface area contributed by atoms with Crippen molar-refractivity contribution in [3.05, 3.63) is 112 Å². The molecule has 0 saturated heterocycles. The predicted molar refractivity (Wildman–Crippen MR) is 163 cm³/mol. The Balaban J connectivity index is 0.000000825. The van der Waals surface area contributed by atoms with Gasteiger partial charge in [-0.05, 0) is 72.5 Å². The molecule has 3 rings (SSSR count). The van der Waals surface area contributed by atoms with Crippen molar-refractivity contribution in [2.24, 2.45) is 5.92 Å². The van der Waals surface area contributed by atoms with E-state index in [-0.39, 0.29) is 0 Å². The lowest BCUT2D eigenvalue weighted by Crippen LogP contribution is -2.18. The van der Waals surface area contributed by atoms with Crippen molar-refractivity contribution in [1.29, 1.82) is 0 Å². The normalized spacial score (nSPS) is 11.1. The lowest BCUT2D eigenvalue weighted by molar-refractivity contribution is 0.611. The Bertz CT molecular complexity index is 977. The quantitative estimate of drug-likeness (QED) is 0.297. The average molecular weight is 486 g/mol. The van der Waals surface area contributed by atoms with Crippen LogP contribution < -0.4 is 5.32 Å². The number of aryl methyl sites for hydroxylation is 3. The van der Waals surface area contributed by atoms with E-state index in [1.165, 1.54) is 45.4 Å². The number of rotatable bonds is 9. The molecule has 0 radical (unpaired) electrons. The van der Waals surface area contributed by atoms with Gasteiger partial charge in [-0.15, -0.1) is 0 Å². The second-order valence-corrected chi connectivity index (χ2v) is 10.4. The number of hydrogen-bond acceptors (Lipinski definition) is 1. The third kappa shape index (κ3) is 11.9. The molecule has 0 saturated carbocycles. The molecule has 0 spiro atoms. The second-order valence-electron chi connectivity index (χ2n) is 10.4. The van der Waals surface area contributed by atoms with Crippen LogP contribution in [0.4, 0.5) is 0 Å². The van der Waals surface area contributed by atoms with Crippen LogP contribution >= 0.6 is 0 Å². The Labute approximate surface area is 223 Å². The topological polar surface area (TPSA) is 12.0 Å². The van der Waals surface area contributed by atoms with E-state index in [1.807, 2.05) is 6.08 Å². The molecule has 1 atom stereocenters. The molecule has 1 unspecified atom stereocenters. The van der Waals surface area contributed by atoms with Gasteiger partial charge < -0.3 is 5.32 Å². The van der Waals surface area contributed by atoms with Gasteiger partial charge in [0.1, 0.15) is 0 Å². The first-order valence-electron chi connectivity index (χ1n) is 13.8. The number of nitrogens with one attached hydrogen (secondary N) is 1. The molecule has 3 aromatic carbocycles. The lowest BCUT2D eigenvalue weighted by atomic mass is 9.87. The van der Waals surface area contributed by atoms with Crippen LogP contribution in [-0.4, -0.2) is 6.54 Å². The molecular weight excluding hydrogens is 434 g/mol. The van der Waals surface area contributed by atoms with Gasteiger partial charge in [-0.2, -0.15) is 0 Å². The molecular formula is C35H51N. The Kier molecular flexibility index (Phi) is 15.5. The van der Waals surface area contributed by atoms with E-state index < -0.39 is 0 Å². The number of benzene rings is 3. The standard InChI is InChI=1S/C28H33N.C4H10.C3H8/c1-5-23-9-15-27(16-10-23)28(26-12-7-21(3)8-13-26)17-18-29-20-24-11-14-25(6-2)22(4)19-24;1-4(2)3;1-3-2/h6-16,19,28-29H,2,5,17-18,20H2,1,3-4H3;4H,1-3H3;3H2,1-2H3. The van der Waals surface area contributed by atoms with Crippen molar-refractivity contribution in [2.45, 2.75) is 87.1 Å². The monoisotopic (exact) mass is 485 g/mol. The molecule has 0 fully saturated rings. The highest BCUT2D eigenvalue weighted by Gasteiger charge is 2.14. The summed E-state index contributed by atoms with van der Waals surface area (Å²) in [6, 6.07) is 24.8. The van der Waals surface area contributed by atoms with Crippen molar-refractivity contribution in [1.82, 2.24) is 5.32 Å². The van der Waals surface area contributed by atoms with Crippen LogP contribution in [0.3, 0.4) is 0 Å². The summed E-state index contributed by atoms with van der Waals surface area (Å²) in [6.07, 6.45) is 5.34. The smallest absolute Gasteiger partial charge is 0.0205 e. The molecule has 0 aliphatic rings. The van der Waals surface area contributed by atoms with Crippen LogP contribution in [0.5, 0.6) is 0 Å². The molecule has 3 aromatic rings. The summed E-state index contributed by atoms with van der Waals surface area (Å²) in [5, 5.41) is 3.64. The van der Waals surface area contributed by atoms with Gasteiger partial charge in [0.15, 0.2) is 0 Å². The fourth-order valence-corrected chi connectivity index (χ4v) is 3.87. The Morgan fingerprint density at radius 3 is 1.75 bits per heavy atom. The van der Waals surface area contributed by atoms with E-state index in [2.05, 4.69) is 134 Å². The van der Waals surface area contributed by atoms with E-state index in [0.29, 0.717) is 5.92 Å². The van der Waals surface area contributed by atoms with Gasteiger partial charge in [-0.3, -0.25) is 0 Å². The zero-order valence-electron chi connectivity index (χ0n) is 24.3. The Hall–Kier alpha value is -2.64. The van der Waals surface area contributed by atoms with Gasteiger partial charge in [0, 0.05) is 12.5 Å². The van der Waals surface area contributed by atoms with Gasteiger partial charge in [-0.1, -0.05) is 133 Å². The van der Waals surface area contributed by atoms with Crippen LogP contribution in [0.1, 0.15) is 99.2 Å². The zero-order chi connectivity index (χ0) is 26.9. The SMILES string of the molecule is C=Cc1ccc(CNCCC(c2ccc(C)cc2)c2ccc(CC)cc2)cc1C.CC(C)C.CCC. The zero-order valence-corrected chi connectivity index (χ0v) is 24.3. The molecule has 1 N–H and O–H groups in total. The van der Waals surface area contributed by atoms with Crippen molar-refractivity contribution in [3.63, 3.8) is 0 Å². The van der Waals surface area contributed by atoms with E-state index in [9.17, 15) is 0 Å². The van der Waals surface area contributed by atoms with Crippen LogP contribution in [0.15, 0.2) is 73.3 Å². The Morgan fingerprint density at radius 2 is 1.28 bits per heavy atom. The maximum Gasteiger partial charge on any atom is 0.0205 e. The van der Waals surface area contributed by atoms with E-state index in [0.717, 1.165) is 31.8 Å². The van der Waals surface area contributed by atoms with Crippen molar-refractivity contribution < 1.29 is 0 Å². The fraction of sp³-hybridized carbons (Fsp3) is 0.429. The van der Waals surface area contributed by atoms with Crippen molar-refractivity contribution in [2.75, 3.05) is 6.54 Å². The maximum absolute atomic E-state index is 3.87. The van der Waals surface area contributed by atoms with Gasteiger partial charge in [0.25, 0.3) is 0 Å². The maximum atomic E-state index is 3.87. The van der Waals surface area contributed by atoms with Crippen LogP contribution in [0, 0.1) is 19.8 Å². The summed E-state index contributed by atoms with van der Waals surface area (Å²) >= 11 is 0. The highest BCUT2D eigenvalue weighted by molar-refractivity contribution is 5.52. The summed E-state index contributed by atoms with van der Waals surface area (Å²) in [6.45, 7) is 23.0. The molecule has 0 aliphatic carbocycles. The van der Waals surface area contributed by atoms with Crippen LogP contribution in [0.2, 0.25) is 0 Å². The minimum absolute atomic E-state index is 0.416. The minimum Gasteiger partial charge on any atom is -0.313 e. The molecule has 0 bridgehead atoms. The minimum atomic E-state index is 0.416. The van der Waals surface area contributed by atoms with Gasteiger partial charge >= 0.3 is 0 Å². The summed E-state index contributed by atoms with van der Waals surface area (Å²) in [4.78, 5) is 0. The molecule has 196 valence electrons. The third-order valence-electron chi connectivity index (χ3n) is 5.76. The molecule has 1 nitrogen and oxygen atoms in total. The van der Waals surface area contributed by atoms with E-state index in [4.69, 9.17) is 0 Å². The van der Waals surface area contributed by atoms with E-state index >= 15 is 0 Å². The van der Waals surface area contributed by atoms with E-state index in [1.54, 1.807) is 0 Å². The average Bonchev–Trinajstić information content (AvgIpc) is 2.85. The van der Waals surface area contributed by atoms with Crippen LogP contribution in [-0.2, 0) is 13.0 Å². The van der Waals surface area contributed by atoms with Crippen LogP contribution in [0.25, 0.3) is 6.08 Å². The molecule has 0 aromatic heterocycles. The number of hydrogen-bond donors (Lipinski definition) is 1. The first kappa shape index (κ1) is 31.4. The molecule has 0 heterocycles. The summed E-state index contributed by atoms with van der Waals surface area (Å²) < 4.78 is 0. The molecule has 1 heteroatoms. The molecule has 36 heavy (non-hydrogen) atoms. The van der Waals surface area contributed by atoms with Crippen molar-refractivity contribution in [3.8, 4) is 0 Å². The first-order chi connectivity index (χ1) is 17.2. The predicted octanol–water partition coefficient (Wildman–Crippen LogP) is 9.90. The van der Waals surface area contributed by atoms with Gasteiger partial charge in [-0.25, -0.2) is 0 Å². The summed E-state index contributed by atoms with van der Waals surface area (Å²) in [5.74, 6) is 1.25.